The maximum absolute atomic E-state index is 14.5. The van der Waals surface area contributed by atoms with Crippen molar-refractivity contribution in [3.63, 3.8) is 0 Å². The highest BCUT2D eigenvalue weighted by Gasteiger charge is 2.56. The van der Waals surface area contributed by atoms with Crippen LogP contribution in [-0.2, 0) is 16.8 Å². The molecule has 1 aliphatic heterocycles. The molecule has 25 heavy (non-hydrogen) atoms. The molecule has 1 fully saturated rings. The van der Waals surface area contributed by atoms with Gasteiger partial charge in [0.2, 0.25) is 0 Å². The summed E-state index contributed by atoms with van der Waals surface area (Å²) < 4.78 is 37.2. The van der Waals surface area contributed by atoms with Gasteiger partial charge in [-0.25, -0.2) is 13.5 Å². The van der Waals surface area contributed by atoms with E-state index in [0.29, 0.717) is 16.6 Å². The number of benzene rings is 1. The Morgan fingerprint density at radius 2 is 2.24 bits per heavy atom. The maximum Gasteiger partial charge on any atom is 0.280 e. The van der Waals surface area contributed by atoms with E-state index in [1.807, 2.05) is 10.7 Å². The van der Waals surface area contributed by atoms with Crippen LogP contribution in [0, 0.1) is 0 Å². The van der Waals surface area contributed by atoms with Crippen LogP contribution in [0.1, 0.15) is 56.4 Å². The third kappa shape index (κ3) is 2.46. The fourth-order valence-corrected chi connectivity index (χ4v) is 4.99. The summed E-state index contributed by atoms with van der Waals surface area (Å²) in [6.45, 7) is 2.30. The van der Waals surface area contributed by atoms with Crippen molar-refractivity contribution in [2.75, 3.05) is 6.61 Å². The van der Waals surface area contributed by atoms with Gasteiger partial charge < -0.3 is 9.84 Å². The van der Waals surface area contributed by atoms with Crippen LogP contribution in [0.25, 0.3) is 10.9 Å². The van der Waals surface area contributed by atoms with Gasteiger partial charge in [0, 0.05) is 28.5 Å². The van der Waals surface area contributed by atoms with Crippen molar-refractivity contribution < 1.29 is 18.6 Å². The summed E-state index contributed by atoms with van der Waals surface area (Å²) in [6, 6.07) is 1.90. The van der Waals surface area contributed by atoms with E-state index in [9.17, 15) is 13.9 Å². The predicted molar refractivity (Wildman–Crippen MR) is 93.7 cm³/mol. The van der Waals surface area contributed by atoms with Gasteiger partial charge in [-0.2, -0.15) is 5.10 Å². The number of rotatable bonds is 2. The van der Waals surface area contributed by atoms with E-state index in [-0.39, 0.29) is 25.5 Å². The lowest BCUT2D eigenvalue weighted by atomic mass is 9.74. The monoisotopic (exact) mass is 414 g/mol. The van der Waals surface area contributed by atoms with Crippen molar-refractivity contribution in [2.24, 2.45) is 0 Å². The second-order valence-corrected chi connectivity index (χ2v) is 7.78. The molecule has 2 aliphatic rings. The highest BCUT2D eigenvalue weighted by atomic mass is 79.9. The first-order valence-electron chi connectivity index (χ1n) is 8.80. The minimum atomic E-state index is -3.15. The van der Waals surface area contributed by atoms with Crippen LogP contribution in [0.4, 0.5) is 8.78 Å². The average Bonchev–Trinajstić information content (AvgIpc) is 3.03. The number of hydrogen-bond acceptors (Lipinski definition) is 3. The van der Waals surface area contributed by atoms with Gasteiger partial charge in [-0.15, -0.1) is 0 Å². The zero-order chi connectivity index (χ0) is 17.8. The van der Waals surface area contributed by atoms with Gasteiger partial charge in [0.15, 0.2) is 11.8 Å². The Kier molecular flexibility index (Phi) is 4.16. The normalized spacial score (nSPS) is 28.9. The van der Waals surface area contributed by atoms with Gasteiger partial charge in [-0.3, -0.25) is 0 Å². The molecule has 0 radical (unpaired) electrons. The van der Waals surface area contributed by atoms with E-state index in [0.717, 1.165) is 35.7 Å². The number of halogens is 3. The van der Waals surface area contributed by atoms with Gasteiger partial charge in [0.25, 0.3) is 5.92 Å². The van der Waals surface area contributed by atoms with Crippen LogP contribution >= 0.6 is 15.9 Å². The maximum atomic E-state index is 14.5. The zero-order valence-electron chi connectivity index (χ0n) is 14.1. The van der Waals surface area contributed by atoms with Gasteiger partial charge in [0.1, 0.15) is 0 Å². The highest BCUT2D eigenvalue weighted by molar-refractivity contribution is 9.10. The van der Waals surface area contributed by atoms with E-state index >= 15 is 0 Å². The third-order valence-corrected chi connectivity index (χ3v) is 6.41. The molecule has 2 atom stereocenters. The molecule has 1 aliphatic carbocycles. The minimum absolute atomic E-state index is 0.0447. The fraction of sp³-hybridized carbons (Fsp3) is 0.611. The standard InChI is InChI=1S/C18H21BrF2N2O2/c1-2-17(24)15-11(6-7-18(17,20)21)9-13-12(16(15)19)10-22-23(13)14-5-3-4-8-25-14/h9-10,14,24H,2-8H2,1H3. The van der Waals surface area contributed by atoms with Crippen molar-refractivity contribution in [1.82, 2.24) is 9.78 Å². The molecule has 7 heteroatoms. The molecule has 0 amide bonds. The number of hydrogen-bond donors (Lipinski definition) is 1. The van der Waals surface area contributed by atoms with Crippen molar-refractivity contribution in [3.05, 3.63) is 27.9 Å². The first-order chi connectivity index (χ1) is 11.9. The molecule has 1 aromatic heterocycles. The topological polar surface area (TPSA) is 47.3 Å². The van der Waals surface area contributed by atoms with Crippen molar-refractivity contribution in [2.45, 2.75) is 63.2 Å². The average molecular weight is 415 g/mol. The molecule has 136 valence electrons. The Morgan fingerprint density at radius 1 is 1.44 bits per heavy atom. The number of aromatic nitrogens is 2. The van der Waals surface area contributed by atoms with Crippen LogP contribution in [0.5, 0.6) is 0 Å². The molecule has 4 rings (SSSR count). The Morgan fingerprint density at radius 3 is 2.92 bits per heavy atom. The number of fused-ring (bicyclic) bond motifs is 2. The van der Waals surface area contributed by atoms with E-state index in [1.165, 1.54) is 0 Å². The van der Waals surface area contributed by atoms with E-state index in [4.69, 9.17) is 4.74 Å². The fourth-order valence-electron chi connectivity index (χ4n) is 4.10. The van der Waals surface area contributed by atoms with Crippen LogP contribution < -0.4 is 0 Å². The molecule has 2 unspecified atom stereocenters. The SMILES string of the molecule is CCC1(O)c2c(cc3c(cnn3C3CCCCO3)c2Br)CCC1(F)F. The van der Waals surface area contributed by atoms with Crippen LogP contribution in [-0.4, -0.2) is 27.4 Å². The lowest BCUT2D eigenvalue weighted by Gasteiger charge is -2.41. The first kappa shape index (κ1) is 17.4. The largest absolute Gasteiger partial charge is 0.379 e. The molecule has 1 N–H and O–H groups in total. The molecule has 1 saturated heterocycles. The van der Waals surface area contributed by atoms with Gasteiger partial charge in [0.05, 0.1) is 11.7 Å². The molecule has 0 bridgehead atoms. The van der Waals surface area contributed by atoms with Crippen LogP contribution in [0.15, 0.2) is 16.7 Å². The Hall–Kier alpha value is -1.05. The lowest BCUT2D eigenvalue weighted by Crippen LogP contribution is -2.48. The second-order valence-electron chi connectivity index (χ2n) is 6.99. The van der Waals surface area contributed by atoms with E-state index < -0.39 is 11.5 Å². The number of aryl methyl sites for hydroxylation is 1. The predicted octanol–water partition coefficient (Wildman–Crippen LogP) is 4.68. The lowest BCUT2D eigenvalue weighted by molar-refractivity contribution is -0.199. The third-order valence-electron chi connectivity index (χ3n) is 5.59. The molecule has 0 spiro atoms. The van der Waals surface area contributed by atoms with Gasteiger partial charge >= 0.3 is 0 Å². The Labute approximate surface area is 153 Å². The molecule has 4 nitrogen and oxygen atoms in total. The molecule has 2 heterocycles. The van der Waals surface area contributed by atoms with Crippen LogP contribution in [0.2, 0.25) is 0 Å². The highest BCUT2D eigenvalue weighted by Crippen LogP contribution is 2.52. The van der Waals surface area contributed by atoms with E-state index in [2.05, 4.69) is 21.0 Å². The zero-order valence-corrected chi connectivity index (χ0v) is 15.7. The number of alkyl halides is 2. The second kappa shape index (κ2) is 5.99. The quantitative estimate of drug-likeness (QED) is 0.775. The smallest absolute Gasteiger partial charge is 0.280 e. The summed E-state index contributed by atoms with van der Waals surface area (Å²) in [5, 5.41) is 16.0. The number of nitrogens with zero attached hydrogens (tertiary/aromatic N) is 2. The Bertz CT molecular complexity index is 817. The Balaban J connectivity index is 1.90. The number of ether oxygens (including phenoxy) is 1. The summed E-state index contributed by atoms with van der Waals surface area (Å²) in [5.41, 5.74) is -0.229. The minimum Gasteiger partial charge on any atom is -0.379 e. The first-order valence-corrected chi connectivity index (χ1v) is 9.59. The molecule has 2 aromatic rings. The summed E-state index contributed by atoms with van der Waals surface area (Å²) >= 11 is 3.49. The molecule has 0 saturated carbocycles. The van der Waals surface area contributed by atoms with Crippen molar-refractivity contribution in [1.29, 1.82) is 0 Å². The molecular weight excluding hydrogens is 394 g/mol. The summed E-state index contributed by atoms with van der Waals surface area (Å²) in [5.74, 6) is -3.15. The van der Waals surface area contributed by atoms with Crippen molar-refractivity contribution in [3.8, 4) is 0 Å². The van der Waals surface area contributed by atoms with Gasteiger partial charge in [-0.1, -0.05) is 6.92 Å². The van der Waals surface area contributed by atoms with E-state index in [1.54, 1.807) is 13.1 Å². The summed E-state index contributed by atoms with van der Waals surface area (Å²) in [4.78, 5) is 0. The summed E-state index contributed by atoms with van der Waals surface area (Å²) in [6.07, 6.45) is 4.41. The molecular formula is C18H21BrF2N2O2. The van der Waals surface area contributed by atoms with Crippen molar-refractivity contribution >= 4 is 26.8 Å². The summed E-state index contributed by atoms with van der Waals surface area (Å²) in [7, 11) is 0. The van der Waals surface area contributed by atoms with Gasteiger partial charge in [-0.05, 0) is 59.7 Å². The van der Waals surface area contributed by atoms with Crippen LogP contribution in [0.3, 0.4) is 0 Å². The molecule has 1 aromatic carbocycles. The number of aliphatic hydroxyl groups is 1.